The molecule has 0 spiro atoms. The Labute approximate surface area is 221 Å². The van der Waals surface area contributed by atoms with Crippen molar-refractivity contribution in [2.75, 3.05) is 20.2 Å². The summed E-state index contributed by atoms with van der Waals surface area (Å²) in [6, 6.07) is 0. The molecule has 37 heavy (non-hydrogen) atoms. The molecule has 0 bridgehead atoms. The highest BCUT2D eigenvalue weighted by atomic mass is 16.5. The fraction of sp³-hybridized carbons (Fsp3) is 0.897. The number of carbonyl (C=O) groups is 3. The number of ether oxygens (including phenoxy) is 3. The molecule has 0 aromatic carbocycles. The molecule has 0 amide bonds. The van der Waals surface area contributed by atoms with Gasteiger partial charge in [-0.25, -0.2) is 0 Å². The van der Waals surface area contributed by atoms with E-state index in [1.807, 2.05) is 0 Å². The van der Waals surface area contributed by atoms with Crippen LogP contribution in [0.3, 0.4) is 0 Å². The summed E-state index contributed by atoms with van der Waals surface area (Å²) in [6.45, 7) is 6.85. The first-order valence-corrected chi connectivity index (χ1v) is 14.4. The first-order chi connectivity index (χ1) is 17.6. The predicted octanol–water partition coefficient (Wildman–Crippen LogP) is 3.59. The minimum atomic E-state index is -0.328. The van der Waals surface area contributed by atoms with Crippen molar-refractivity contribution >= 4 is 17.9 Å². The van der Waals surface area contributed by atoms with Crippen molar-refractivity contribution < 1.29 is 28.6 Å². The second-order valence-corrected chi connectivity index (χ2v) is 12.8. The highest BCUT2D eigenvalue weighted by Crippen LogP contribution is 2.69. The molecule has 8 nitrogen and oxygen atoms in total. The van der Waals surface area contributed by atoms with E-state index in [0.29, 0.717) is 41.9 Å². The number of hydrogen-bond donors (Lipinski definition) is 2. The summed E-state index contributed by atoms with van der Waals surface area (Å²) in [5, 5.41) is 0. The molecular formula is C29H48N2O6. The van der Waals surface area contributed by atoms with Crippen LogP contribution in [-0.2, 0) is 28.6 Å². The van der Waals surface area contributed by atoms with E-state index in [4.69, 9.17) is 25.7 Å². The van der Waals surface area contributed by atoms with Gasteiger partial charge in [0.25, 0.3) is 0 Å². The Hall–Kier alpha value is -1.67. The van der Waals surface area contributed by atoms with Crippen LogP contribution >= 0.6 is 0 Å². The molecule has 10 atom stereocenters. The third-order valence-electron chi connectivity index (χ3n) is 11.4. The van der Waals surface area contributed by atoms with Crippen LogP contribution in [0.1, 0.15) is 85.0 Å². The summed E-state index contributed by atoms with van der Waals surface area (Å²) in [6.07, 6.45) is 9.18. The molecule has 4 N–H and O–H groups in total. The van der Waals surface area contributed by atoms with Crippen molar-refractivity contribution in [3.63, 3.8) is 0 Å². The minimum absolute atomic E-state index is 0.0445. The van der Waals surface area contributed by atoms with Gasteiger partial charge in [-0.1, -0.05) is 20.8 Å². The molecule has 0 unspecified atom stereocenters. The molecule has 4 aliphatic rings. The largest absolute Gasteiger partial charge is 0.469 e. The van der Waals surface area contributed by atoms with E-state index in [-0.39, 0.29) is 54.0 Å². The van der Waals surface area contributed by atoms with E-state index in [9.17, 15) is 14.4 Å². The zero-order valence-electron chi connectivity index (χ0n) is 23.2. The number of rotatable bonds is 8. The topological polar surface area (TPSA) is 131 Å². The van der Waals surface area contributed by atoms with Crippen LogP contribution < -0.4 is 11.5 Å². The third-order valence-corrected chi connectivity index (χ3v) is 11.4. The second kappa shape index (κ2) is 11.2. The van der Waals surface area contributed by atoms with E-state index in [1.54, 1.807) is 0 Å². The van der Waals surface area contributed by atoms with Crippen molar-refractivity contribution in [2.45, 2.75) is 97.2 Å². The van der Waals surface area contributed by atoms with Gasteiger partial charge >= 0.3 is 17.9 Å². The maximum atomic E-state index is 12.6. The van der Waals surface area contributed by atoms with Gasteiger partial charge in [-0.2, -0.15) is 0 Å². The van der Waals surface area contributed by atoms with Crippen LogP contribution in [0.2, 0.25) is 0 Å². The van der Waals surface area contributed by atoms with E-state index in [0.717, 1.165) is 51.4 Å². The van der Waals surface area contributed by atoms with Crippen molar-refractivity contribution in [2.24, 2.45) is 57.8 Å². The molecule has 210 valence electrons. The number of methoxy groups -OCH3 is 1. The average Bonchev–Trinajstić information content (AvgIpc) is 3.25. The van der Waals surface area contributed by atoms with Crippen molar-refractivity contribution in [1.29, 1.82) is 0 Å². The summed E-state index contributed by atoms with van der Waals surface area (Å²) >= 11 is 0. The molecule has 0 aliphatic heterocycles. The summed E-state index contributed by atoms with van der Waals surface area (Å²) in [5.74, 6) is 1.95. The van der Waals surface area contributed by atoms with Crippen LogP contribution in [0, 0.1) is 46.3 Å². The smallest absolute Gasteiger partial charge is 0.319 e. The van der Waals surface area contributed by atoms with E-state index < -0.39 is 0 Å². The van der Waals surface area contributed by atoms with Crippen molar-refractivity contribution in [3.8, 4) is 0 Å². The molecule has 4 rings (SSSR count). The van der Waals surface area contributed by atoms with Crippen molar-refractivity contribution in [1.82, 2.24) is 0 Å². The quantitative estimate of drug-likeness (QED) is 0.367. The lowest BCUT2D eigenvalue weighted by atomic mass is 9.43. The van der Waals surface area contributed by atoms with Crippen LogP contribution in [-0.4, -0.2) is 50.3 Å². The van der Waals surface area contributed by atoms with E-state index >= 15 is 0 Å². The zero-order valence-corrected chi connectivity index (χ0v) is 23.2. The predicted molar refractivity (Wildman–Crippen MR) is 139 cm³/mol. The van der Waals surface area contributed by atoms with E-state index in [1.165, 1.54) is 13.5 Å². The Morgan fingerprint density at radius 1 is 0.892 bits per heavy atom. The highest BCUT2D eigenvalue weighted by molar-refractivity contribution is 5.72. The van der Waals surface area contributed by atoms with E-state index in [2.05, 4.69) is 20.8 Å². The third kappa shape index (κ3) is 5.17. The monoisotopic (exact) mass is 520 g/mol. The second-order valence-electron chi connectivity index (χ2n) is 12.8. The Morgan fingerprint density at radius 2 is 1.59 bits per heavy atom. The number of hydrogen-bond acceptors (Lipinski definition) is 8. The lowest BCUT2D eigenvalue weighted by Gasteiger charge is -2.62. The maximum absolute atomic E-state index is 12.6. The lowest BCUT2D eigenvalue weighted by Crippen LogP contribution is -2.60. The Morgan fingerprint density at radius 3 is 2.27 bits per heavy atom. The van der Waals surface area contributed by atoms with Gasteiger partial charge in [0.1, 0.15) is 12.2 Å². The molecule has 4 aliphatic carbocycles. The normalized spacial score (nSPS) is 41.5. The SMILES string of the molecule is COC(=O)CC[C@@H](C)[C@H]1CC[C@H]2[C@@H]3CC[C@@H]4C[C@H](OC(=O)CN)CC[C@]4(C)[C@H]3C[C@H](OC(=O)CN)[C@]12C. The highest BCUT2D eigenvalue weighted by Gasteiger charge is 2.65. The number of esters is 3. The first kappa shape index (κ1) is 28.3. The molecule has 4 saturated carbocycles. The summed E-state index contributed by atoms with van der Waals surface area (Å²) < 4.78 is 16.8. The fourth-order valence-corrected chi connectivity index (χ4v) is 9.49. The Balaban J connectivity index is 1.58. The molecule has 4 fully saturated rings. The standard InChI is InChI=1S/C29H48N2O6/c1-17(5-10-25(32)35-4)21-8-9-22-20-7-6-18-13-19(36-26(33)15-30)11-12-28(18,2)23(20)14-24(29(21,22)3)37-27(34)16-31/h17-24H,5-16,30-31H2,1-4H3/t17-,18-,19-,20+,21-,22+,23+,24+,28+,29-/m1/s1. The van der Waals surface area contributed by atoms with Crippen LogP contribution in [0.15, 0.2) is 0 Å². The summed E-state index contributed by atoms with van der Waals surface area (Å²) in [7, 11) is 1.44. The Kier molecular flexibility index (Phi) is 8.59. The van der Waals surface area contributed by atoms with Gasteiger partial charge in [0.05, 0.1) is 20.2 Å². The molecule has 0 heterocycles. The molecule has 0 saturated heterocycles. The minimum Gasteiger partial charge on any atom is -0.469 e. The van der Waals surface area contributed by atoms with Crippen LogP contribution in [0.5, 0.6) is 0 Å². The van der Waals surface area contributed by atoms with Gasteiger partial charge in [-0.3, -0.25) is 14.4 Å². The molecule has 0 radical (unpaired) electrons. The fourth-order valence-electron chi connectivity index (χ4n) is 9.49. The van der Waals surface area contributed by atoms with Gasteiger partial charge < -0.3 is 25.7 Å². The zero-order chi connectivity index (χ0) is 27.0. The maximum Gasteiger partial charge on any atom is 0.319 e. The van der Waals surface area contributed by atoms with Gasteiger partial charge in [0, 0.05) is 11.8 Å². The molecule has 8 heteroatoms. The summed E-state index contributed by atoms with van der Waals surface area (Å²) in [4.78, 5) is 36.3. The van der Waals surface area contributed by atoms with Gasteiger partial charge in [-0.15, -0.1) is 0 Å². The van der Waals surface area contributed by atoms with Crippen LogP contribution in [0.25, 0.3) is 0 Å². The van der Waals surface area contributed by atoms with Crippen molar-refractivity contribution in [3.05, 3.63) is 0 Å². The lowest BCUT2D eigenvalue weighted by molar-refractivity contribution is -0.198. The molecule has 0 aromatic rings. The van der Waals surface area contributed by atoms with Gasteiger partial charge in [0.2, 0.25) is 0 Å². The first-order valence-electron chi connectivity index (χ1n) is 14.4. The van der Waals surface area contributed by atoms with Gasteiger partial charge in [-0.05, 0) is 98.7 Å². The molecule has 0 aromatic heterocycles. The number of carbonyl (C=O) groups excluding carboxylic acids is 3. The van der Waals surface area contributed by atoms with Crippen LogP contribution in [0.4, 0.5) is 0 Å². The number of nitrogens with two attached hydrogens (primary N) is 2. The Bertz CT molecular complexity index is 865. The molecular weight excluding hydrogens is 472 g/mol. The van der Waals surface area contributed by atoms with Gasteiger partial charge in [0.15, 0.2) is 0 Å². The number of fused-ring (bicyclic) bond motifs is 5. The average molecular weight is 521 g/mol. The summed E-state index contributed by atoms with van der Waals surface area (Å²) in [5.41, 5.74) is 11.2.